The zero-order chi connectivity index (χ0) is 34.3. The van der Waals surface area contributed by atoms with Crippen molar-refractivity contribution < 1.29 is 28.7 Å². The predicted molar refractivity (Wildman–Crippen MR) is 175 cm³/mol. The second-order valence-electron chi connectivity index (χ2n) is 12.5. The number of hydrogen-bond donors (Lipinski definition) is 1. The Morgan fingerprint density at radius 2 is 1.65 bits per heavy atom. The molecule has 1 amide bonds. The maximum absolute atomic E-state index is 13.7. The summed E-state index contributed by atoms with van der Waals surface area (Å²) in [6.45, 7) is 7.00. The fraction of sp³-hybridized carbons (Fsp3) is 0.371. The van der Waals surface area contributed by atoms with Gasteiger partial charge in [-0.3, -0.25) is 24.7 Å². The third-order valence-electron chi connectivity index (χ3n) is 8.07. The minimum atomic E-state index is -1.50. The van der Waals surface area contributed by atoms with E-state index in [2.05, 4.69) is 25.8 Å². The van der Waals surface area contributed by atoms with E-state index < -0.39 is 29.8 Å². The number of nitrogens with zero attached hydrogens (tertiary/aromatic N) is 6. The van der Waals surface area contributed by atoms with Gasteiger partial charge in [0.1, 0.15) is 0 Å². The first-order valence-corrected chi connectivity index (χ1v) is 15.9. The number of likely N-dealkylation sites (tertiary alicyclic amines) is 1. The molecule has 3 heterocycles. The van der Waals surface area contributed by atoms with Crippen LogP contribution in [0.15, 0.2) is 73.1 Å². The van der Waals surface area contributed by atoms with Crippen molar-refractivity contribution in [3.05, 3.63) is 84.2 Å². The third kappa shape index (κ3) is 7.31. The number of amides is 1. The molecule has 0 aliphatic carbocycles. The number of esters is 2. The van der Waals surface area contributed by atoms with Gasteiger partial charge < -0.3 is 14.4 Å². The maximum Gasteiger partial charge on any atom is 0.350 e. The first-order valence-electron chi connectivity index (χ1n) is 15.9. The molecule has 1 unspecified atom stereocenters. The van der Waals surface area contributed by atoms with Crippen molar-refractivity contribution >= 4 is 23.8 Å². The monoisotopic (exact) mass is 653 g/mol. The second-order valence-corrected chi connectivity index (χ2v) is 12.5. The minimum Gasteiger partial charge on any atom is -0.427 e. The number of hydrogen-bond acceptors (Lipinski definition) is 11. The number of rotatable bonds is 11. The Labute approximate surface area is 278 Å². The van der Waals surface area contributed by atoms with Crippen LogP contribution < -0.4 is 5.32 Å². The highest BCUT2D eigenvalue weighted by atomic mass is 16.7. The van der Waals surface area contributed by atoms with Crippen LogP contribution in [0, 0.1) is 5.41 Å². The number of nitrogens with one attached hydrogen (secondary N) is 1. The predicted octanol–water partition coefficient (Wildman–Crippen LogP) is 4.65. The molecule has 48 heavy (non-hydrogen) atoms. The van der Waals surface area contributed by atoms with E-state index in [1.165, 1.54) is 22.0 Å². The Morgan fingerprint density at radius 3 is 2.33 bits per heavy atom. The summed E-state index contributed by atoms with van der Waals surface area (Å²) in [5.41, 5.74) is 1.38. The van der Waals surface area contributed by atoms with E-state index in [1.54, 1.807) is 32.9 Å². The molecule has 2 aromatic heterocycles. The lowest BCUT2D eigenvalue weighted by Crippen LogP contribution is -2.62. The standard InChI is InChI=1S/C35H39N7O6/c1-5-9-29(43)42-30(38-39-40-42)28-11-7-6-10-27(28)25-14-12-24(13-15-25)22-37-35(33(46)48-23-47-32(45)34(2,3)4)18-8-21-41(35)31(44)26-16-19-36-20-17-26/h6-7,10-17,19-20,37H,5,8-9,18,21-23H2,1-4H3. The Bertz CT molecular complexity index is 1770. The van der Waals surface area contributed by atoms with Crippen LogP contribution in [0.25, 0.3) is 22.5 Å². The van der Waals surface area contributed by atoms with Gasteiger partial charge in [-0.05, 0) is 79.3 Å². The van der Waals surface area contributed by atoms with Gasteiger partial charge in [0.25, 0.3) is 5.91 Å². The van der Waals surface area contributed by atoms with E-state index >= 15 is 0 Å². The van der Waals surface area contributed by atoms with Crippen molar-refractivity contribution in [1.29, 1.82) is 0 Å². The molecule has 0 radical (unpaired) electrons. The van der Waals surface area contributed by atoms with E-state index in [4.69, 9.17) is 9.47 Å². The number of tetrazole rings is 1. The summed E-state index contributed by atoms with van der Waals surface area (Å²) in [6, 6.07) is 18.5. The highest BCUT2D eigenvalue weighted by molar-refractivity contribution is 5.98. The van der Waals surface area contributed by atoms with Crippen LogP contribution >= 0.6 is 0 Å². The van der Waals surface area contributed by atoms with Gasteiger partial charge in [0, 0.05) is 43.0 Å². The number of pyridine rings is 1. The molecule has 1 aliphatic heterocycles. The van der Waals surface area contributed by atoms with Gasteiger partial charge in [-0.2, -0.15) is 4.68 Å². The summed E-state index contributed by atoms with van der Waals surface area (Å²) in [5, 5.41) is 15.1. The van der Waals surface area contributed by atoms with Crippen LogP contribution in [0.1, 0.15) is 74.1 Å². The highest BCUT2D eigenvalue weighted by Crippen LogP contribution is 2.33. The minimum absolute atomic E-state index is 0.183. The zero-order valence-corrected chi connectivity index (χ0v) is 27.5. The maximum atomic E-state index is 13.7. The van der Waals surface area contributed by atoms with Crippen LogP contribution in [0.4, 0.5) is 0 Å². The number of aromatic nitrogens is 5. The molecule has 0 bridgehead atoms. The fourth-order valence-electron chi connectivity index (χ4n) is 5.51. The van der Waals surface area contributed by atoms with E-state index in [1.807, 2.05) is 55.5 Å². The zero-order valence-electron chi connectivity index (χ0n) is 27.5. The van der Waals surface area contributed by atoms with Gasteiger partial charge >= 0.3 is 11.9 Å². The van der Waals surface area contributed by atoms with Crippen molar-refractivity contribution in [3.8, 4) is 22.5 Å². The Kier molecular flexibility index (Phi) is 10.4. The molecule has 0 spiro atoms. The quantitative estimate of drug-likeness (QED) is 0.136. The summed E-state index contributed by atoms with van der Waals surface area (Å²) < 4.78 is 11.9. The molecule has 0 saturated carbocycles. The van der Waals surface area contributed by atoms with Gasteiger partial charge in [0.2, 0.25) is 12.7 Å². The first kappa shape index (κ1) is 34.0. The molecule has 1 N–H and O–H groups in total. The third-order valence-corrected chi connectivity index (χ3v) is 8.07. The van der Waals surface area contributed by atoms with Gasteiger partial charge in [-0.1, -0.05) is 55.5 Å². The van der Waals surface area contributed by atoms with E-state index in [0.717, 1.165) is 16.7 Å². The molecule has 5 rings (SSSR count). The van der Waals surface area contributed by atoms with Crippen molar-refractivity contribution in [3.63, 3.8) is 0 Å². The average molecular weight is 654 g/mol. The molecule has 1 atom stereocenters. The van der Waals surface area contributed by atoms with Crippen LogP contribution in [-0.2, 0) is 25.6 Å². The summed E-state index contributed by atoms with van der Waals surface area (Å²) >= 11 is 0. The second kappa shape index (κ2) is 14.6. The molecule has 1 fully saturated rings. The van der Waals surface area contributed by atoms with Crippen LogP contribution in [0.2, 0.25) is 0 Å². The van der Waals surface area contributed by atoms with Crippen molar-refractivity contribution in [2.24, 2.45) is 5.41 Å². The topological polar surface area (TPSA) is 158 Å². The van der Waals surface area contributed by atoms with Crippen LogP contribution in [0.5, 0.6) is 0 Å². The van der Waals surface area contributed by atoms with Gasteiger partial charge in [0.05, 0.1) is 5.41 Å². The molecule has 13 heteroatoms. The molecule has 1 aliphatic rings. The fourth-order valence-corrected chi connectivity index (χ4v) is 5.51. The van der Waals surface area contributed by atoms with Crippen molar-refractivity contribution in [2.75, 3.05) is 13.3 Å². The summed E-state index contributed by atoms with van der Waals surface area (Å²) in [5.74, 6) is -1.40. The molecular weight excluding hydrogens is 614 g/mol. The van der Waals surface area contributed by atoms with Gasteiger partial charge in [-0.25, -0.2) is 4.79 Å². The first-order chi connectivity index (χ1) is 23.0. The number of benzene rings is 2. The number of ether oxygens (including phenoxy) is 2. The summed E-state index contributed by atoms with van der Waals surface area (Å²) in [7, 11) is 0. The lowest BCUT2D eigenvalue weighted by Gasteiger charge is -2.37. The SMILES string of the molecule is CCCC(=O)n1nnnc1-c1ccccc1-c1ccc(CNC2(C(=O)OCOC(=O)C(C)(C)C)CCCN2C(=O)c2ccncc2)cc1. The van der Waals surface area contributed by atoms with Gasteiger partial charge in [0.15, 0.2) is 11.5 Å². The smallest absolute Gasteiger partial charge is 0.350 e. The highest BCUT2D eigenvalue weighted by Gasteiger charge is 2.51. The van der Waals surface area contributed by atoms with Gasteiger partial charge in [-0.15, -0.1) is 5.10 Å². The Balaban J connectivity index is 1.37. The Hall–Kier alpha value is -5.30. The van der Waals surface area contributed by atoms with Crippen LogP contribution in [0.3, 0.4) is 0 Å². The summed E-state index contributed by atoms with van der Waals surface area (Å²) in [4.78, 5) is 57.8. The van der Waals surface area contributed by atoms with Crippen molar-refractivity contribution in [2.45, 2.75) is 65.6 Å². The average Bonchev–Trinajstić information content (AvgIpc) is 3.76. The molecule has 4 aromatic rings. The molecule has 250 valence electrons. The molecule has 2 aromatic carbocycles. The lowest BCUT2D eigenvalue weighted by molar-refractivity contribution is -0.180. The van der Waals surface area contributed by atoms with E-state index in [-0.39, 0.29) is 18.4 Å². The lowest BCUT2D eigenvalue weighted by atomic mass is 9.98. The Morgan fingerprint density at radius 1 is 0.938 bits per heavy atom. The summed E-state index contributed by atoms with van der Waals surface area (Å²) in [6.07, 6.45) is 4.89. The molecular formula is C35H39N7O6. The molecule has 13 nitrogen and oxygen atoms in total. The normalized spacial score (nSPS) is 16.0. The number of carbonyl (C=O) groups is 4. The van der Waals surface area contributed by atoms with Crippen molar-refractivity contribution in [1.82, 2.24) is 35.4 Å². The largest absolute Gasteiger partial charge is 0.427 e. The van der Waals surface area contributed by atoms with Crippen LogP contribution in [-0.4, -0.2) is 72.8 Å². The molecule has 1 saturated heterocycles. The number of carbonyl (C=O) groups excluding carboxylic acids is 4. The van der Waals surface area contributed by atoms with E-state index in [0.29, 0.717) is 49.2 Å². The van der Waals surface area contributed by atoms with E-state index in [9.17, 15) is 19.2 Å².